The van der Waals surface area contributed by atoms with Crippen molar-refractivity contribution in [1.29, 1.82) is 0 Å². The lowest BCUT2D eigenvalue weighted by Gasteiger charge is -2.16. The Morgan fingerprint density at radius 3 is 2.64 bits per heavy atom. The number of halogens is 5. The van der Waals surface area contributed by atoms with Gasteiger partial charge in [0.05, 0.1) is 13.1 Å². The molecular weight excluding hydrogens is 330 g/mol. The average Bonchev–Trinajstić information content (AvgIpc) is 2.44. The Kier molecular flexibility index (Phi) is 6.69. The van der Waals surface area contributed by atoms with Gasteiger partial charge in [-0.05, 0) is 12.1 Å². The SMILES string of the molecule is NCC(F)(F)CNC(=O)NCc1c(Cl)cccc1OC(F)F. The second kappa shape index (κ2) is 8.04. The van der Waals surface area contributed by atoms with Gasteiger partial charge in [-0.1, -0.05) is 17.7 Å². The zero-order chi connectivity index (χ0) is 16.8. The van der Waals surface area contributed by atoms with Gasteiger partial charge in [-0.2, -0.15) is 8.78 Å². The topological polar surface area (TPSA) is 76.4 Å². The first-order chi connectivity index (χ1) is 10.2. The van der Waals surface area contributed by atoms with E-state index >= 15 is 0 Å². The van der Waals surface area contributed by atoms with Gasteiger partial charge in [0.25, 0.3) is 5.92 Å². The van der Waals surface area contributed by atoms with Gasteiger partial charge in [0.15, 0.2) is 0 Å². The molecule has 1 rings (SSSR count). The van der Waals surface area contributed by atoms with Crippen LogP contribution in [0.4, 0.5) is 22.4 Å². The van der Waals surface area contributed by atoms with Crippen molar-refractivity contribution in [1.82, 2.24) is 10.6 Å². The van der Waals surface area contributed by atoms with Crippen molar-refractivity contribution in [3.8, 4) is 5.75 Å². The van der Waals surface area contributed by atoms with Gasteiger partial charge in [-0.3, -0.25) is 0 Å². The molecule has 124 valence electrons. The predicted molar refractivity (Wildman–Crippen MR) is 72.3 cm³/mol. The largest absolute Gasteiger partial charge is 0.434 e. The third kappa shape index (κ3) is 5.94. The average molecular weight is 344 g/mol. The zero-order valence-corrected chi connectivity index (χ0v) is 12.0. The van der Waals surface area contributed by atoms with E-state index in [9.17, 15) is 22.4 Å². The Morgan fingerprint density at radius 1 is 1.36 bits per heavy atom. The van der Waals surface area contributed by atoms with Crippen molar-refractivity contribution in [2.24, 2.45) is 5.73 Å². The van der Waals surface area contributed by atoms with Gasteiger partial charge in [-0.25, -0.2) is 13.6 Å². The molecule has 10 heteroatoms. The summed E-state index contributed by atoms with van der Waals surface area (Å²) in [4.78, 5) is 11.4. The molecule has 0 bridgehead atoms. The molecule has 0 saturated carbocycles. The number of hydrogen-bond donors (Lipinski definition) is 3. The zero-order valence-electron chi connectivity index (χ0n) is 11.2. The standard InChI is InChI=1S/C12H14ClF4N3O2/c13-8-2-1-3-9(22-10(14)15)7(8)4-19-11(21)20-6-12(16,17)5-18/h1-3,10H,4-6,18H2,(H2,19,20,21). The maximum atomic E-state index is 12.9. The number of carbonyl (C=O) groups is 1. The molecule has 1 aromatic rings. The molecule has 4 N–H and O–H groups in total. The number of rotatable bonds is 7. The number of alkyl halides is 4. The molecule has 0 fully saturated rings. The molecule has 0 heterocycles. The summed E-state index contributed by atoms with van der Waals surface area (Å²) in [5.41, 5.74) is 4.92. The third-order valence-corrected chi connectivity index (χ3v) is 2.88. The Bertz CT molecular complexity index is 517. The molecule has 0 unspecified atom stereocenters. The van der Waals surface area contributed by atoms with Crippen LogP contribution in [0.1, 0.15) is 5.56 Å². The molecule has 22 heavy (non-hydrogen) atoms. The van der Waals surface area contributed by atoms with Crippen LogP contribution in [0, 0.1) is 0 Å². The van der Waals surface area contributed by atoms with Crippen LogP contribution >= 0.6 is 11.6 Å². The molecular formula is C12H14ClF4N3O2. The third-order valence-electron chi connectivity index (χ3n) is 2.52. The van der Waals surface area contributed by atoms with E-state index in [1.165, 1.54) is 18.2 Å². The van der Waals surface area contributed by atoms with E-state index in [1.54, 1.807) is 0 Å². The summed E-state index contributed by atoms with van der Waals surface area (Å²) in [6.45, 7) is -5.20. The number of urea groups is 1. The van der Waals surface area contributed by atoms with Crippen molar-refractivity contribution >= 4 is 17.6 Å². The summed E-state index contributed by atoms with van der Waals surface area (Å²) in [6, 6.07) is 3.13. The number of ether oxygens (including phenoxy) is 1. The Balaban J connectivity index is 2.62. The molecule has 1 aromatic carbocycles. The van der Waals surface area contributed by atoms with Crippen molar-refractivity contribution in [3.05, 3.63) is 28.8 Å². The van der Waals surface area contributed by atoms with Crippen molar-refractivity contribution < 1.29 is 27.1 Å². The molecule has 2 amide bonds. The minimum absolute atomic E-state index is 0.0886. The molecule has 5 nitrogen and oxygen atoms in total. The van der Waals surface area contributed by atoms with Crippen molar-refractivity contribution in [2.45, 2.75) is 19.1 Å². The highest BCUT2D eigenvalue weighted by atomic mass is 35.5. The maximum absolute atomic E-state index is 12.9. The summed E-state index contributed by atoms with van der Waals surface area (Å²) in [6.07, 6.45) is 0. The lowest BCUT2D eigenvalue weighted by atomic mass is 10.2. The molecule has 0 aliphatic carbocycles. The van der Waals surface area contributed by atoms with Gasteiger partial charge in [-0.15, -0.1) is 0 Å². The van der Waals surface area contributed by atoms with Crippen LogP contribution in [-0.2, 0) is 6.54 Å². The molecule has 0 aliphatic rings. The number of benzene rings is 1. The molecule has 0 atom stereocenters. The van der Waals surface area contributed by atoms with Crippen LogP contribution in [0.25, 0.3) is 0 Å². The Morgan fingerprint density at radius 2 is 2.05 bits per heavy atom. The van der Waals surface area contributed by atoms with Crippen LogP contribution in [0.3, 0.4) is 0 Å². The van der Waals surface area contributed by atoms with Gasteiger partial charge < -0.3 is 21.1 Å². The van der Waals surface area contributed by atoms with Gasteiger partial charge in [0.1, 0.15) is 5.75 Å². The minimum atomic E-state index is -3.23. The number of nitrogens with one attached hydrogen (secondary N) is 2. The van der Waals surface area contributed by atoms with E-state index in [1.807, 2.05) is 5.32 Å². The first-order valence-corrected chi connectivity index (χ1v) is 6.45. The number of amides is 2. The van der Waals surface area contributed by atoms with Gasteiger partial charge in [0, 0.05) is 17.1 Å². The summed E-state index contributed by atoms with van der Waals surface area (Å²) >= 11 is 5.84. The summed E-state index contributed by atoms with van der Waals surface area (Å²) in [5, 5.41) is 4.22. The van der Waals surface area contributed by atoms with E-state index in [2.05, 4.69) is 10.1 Å². The molecule has 0 saturated heterocycles. The number of carbonyl (C=O) groups excluding carboxylic acids is 1. The van der Waals surface area contributed by atoms with E-state index in [0.717, 1.165) is 0 Å². The van der Waals surface area contributed by atoms with E-state index < -0.39 is 31.7 Å². The van der Waals surface area contributed by atoms with Gasteiger partial charge >= 0.3 is 12.6 Å². The lowest BCUT2D eigenvalue weighted by Crippen LogP contribution is -2.45. The number of nitrogens with two attached hydrogens (primary N) is 1. The molecule has 0 aliphatic heterocycles. The molecule has 0 radical (unpaired) electrons. The highest BCUT2D eigenvalue weighted by Crippen LogP contribution is 2.27. The van der Waals surface area contributed by atoms with E-state index in [4.69, 9.17) is 17.3 Å². The maximum Gasteiger partial charge on any atom is 0.387 e. The predicted octanol–water partition coefficient (Wildman–Crippen LogP) is 2.33. The summed E-state index contributed by atoms with van der Waals surface area (Å²) in [5.74, 6) is -3.44. The second-order valence-electron chi connectivity index (χ2n) is 4.19. The fraction of sp³-hybridized carbons (Fsp3) is 0.417. The Hall–Kier alpha value is -1.74. The van der Waals surface area contributed by atoms with Crippen LogP contribution in [0.5, 0.6) is 5.75 Å². The van der Waals surface area contributed by atoms with Crippen LogP contribution < -0.4 is 21.1 Å². The fourth-order valence-electron chi connectivity index (χ4n) is 1.43. The quantitative estimate of drug-likeness (QED) is 0.665. The summed E-state index contributed by atoms with van der Waals surface area (Å²) < 4.78 is 54.5. The van der Waals surface area contributed by atoms with Crippen molar-refractivity contribution in [3.63, 3.8) is 0 Å². The number of hydrogen-bond acceptors (Lipinski definition) is 3. The molecule has 0 spiro atoms. The monoisotopic (exact) mass is 343 g/mol. The highest BCUT2D eigenvalue weighted by Gasteiger charge is 2.27. The van der Waals surface area contributed by atoms with Crippen LogP contribution in [0.2, 0.25) is 5.02 Å². The molecule has 0 aromatic heterocycles. The van der Waals surface area contributed by atoms with E-state index in [-0.39, 0.29) is 22.9 Å². The minimum Gasteiger partial charge on any atom is -0.434 e. The fourth-order valence-corrected chi connectivity index (χ4v) is 1.66. The smallest absolute Gasteiger partial charge is 0.387 e. The van der Waals surface area contributed by atoms with Crippen LogP contribution in [0.15, 0.2) is 18.2 Å². The lowest BCUT2D eigenvalue weighted by molar-refractivity contribution is -0.0504. The normalized spacial score (nSPS) is 11.4. The first kappa shape index (κ1) is 18.3. The highest BCUT2D eigenvalue weighted by molar-refractivity contribution is 6.31. The second-order valence-corrected chi connectivity index (χ2v) is 4.60. The summed E-state index contributed by atoms with van der Waals surface area (Å²) in [7, 11) is 0. The van der Waals surface area contributed by atoms with Crippen LogP contribution in [-0.4, -0.2) is 31.7 Å². The van der Waals surface area contributed by atoms with Crippen molar-refractivity contribution in [2.75, 3.05) is 13.1 Å². The Labute approximate surface area is 128 Å². The first-order valence-electron chi connectivity index (χ1n) is 6.07. The van der Waals surface area contributed by atoms with E-state index in [0.29, 0.717) is 0 Å². The van der Waals surface area contributed by atoms with Gasteiger partial charge in [0.2, 0.25) is 0 Å².